The minimum Gasteiger partial charge on any atom is -0.493 e. The maximum atomic E-state index is 13.2. The zero-order valence-electron chi connectivity index (χ0n) is 21.5. The molecule has 1 aliphatic rings. The van der Waals surface area contributed by atoms with Crippen LogP contribution in [0.5, 0.6) is 17.2 Å². The van der Waals surface area contributed by atoms with Gasteiger partial charge in [-0.2, -0.15) is 0 Å². The molecule has 9 heteroatoms. The Labute approximate surface area is 225 Å². The molecule has 0 bridgehead atoms. The number of carbonyl (C=O) groups is 3. The van der Waals surface area contributed by atoms with Gasteiger partial charge in [-0.05, 0) is 85.5 Å². The first kappa shape index (κ1) is 26.8. The number of imide groups is 2. The fourth-order valence-corrected chi connectivity index (χ4v) is 4.17. The third-order valence-electron chi connectivity index (χ3n) is 6.00. The summed E-state index contributed by atoms with van der Waals surface area (Å²) in [6.07, 6.45) is 1.36. The standard InChI is InChI=1S/C29H27ClN2O6/c1-17-6-5-7-21(12-17)32-28(34)23(27(33)31-29(32)35)14-20-15-24(30)26(25(16-20)36-4)38-11-10-37-22-9-8-18(2)19(3)13-22/h5-9,12-16H,10-11H2,1-4H3,(H,31,33,35)/b23-14-. The fourth-order valence-electron chi connectivity index (χ4n) is 3.90. The highest BCUT2D eigenvalue weighted by molar-refractivity contribution is 6.39. The van der Waals surface area contributed by atoms with E-state index >= 15 is 0 Å². The zero-order valence-corrected chi connectivity index (χ0v) is 22.2. The van der Waals surface area contributed by atoms with Crippen LogP contribution in [0.1, 0.15) is 22.3 Å². The highest BCUT2D eigenvalue weighted by atomic mass is 35.5. The normalized spacial score (nSPS) is 14.5. The fraction of sp³-hybridized carbons (Fsp3) is 0.207. The van der Waals surface area contributed by atoms with Crippen molar-refractivity contribution in [2.75, 3.05) is 25.2 Å². The van der Waals surface area contributed by atoms with Crippen molar-refractivity contribution in [3.63, 3.8) is 0 Å². The number of methoxy groups -OCH3 is 1. The van der Waals surface area contributed by atoms with Crippen LogP contribution < -0.4 is 24.4 Å². The molecule has 0 atom stereocenters. The van der Waals surface area contributed by atoms with Crippen molar-refractivity contribution in [2.45, 2.75) is 20.8 Å². The number of carbonyl (C=O) groups excluding carboxylic acids is 3. The lowest BCUT2D eigenvalue weighted by molar-refractivity contribution is -0.122. The van der Waals surface area contributed by atoms with E-state index in [9.17, 15) is 14.4 Å². The molecule has 0 radical (unpaired) electrons. The summed E-state index contributed by atoms with van der Waals surface area (Å²) >= 11 is 6.48. The van der Waals surface area contributed by atoms with Gasteiger partial charge in [-0.1, -0.05) is 29.8 Å². The molecule has 0 saturated carbocycles. The molecule has 0 aliphatic carbocycles. The summed E-state index contributed by atoms with van der Waals surface area (Å²) in [5.41, 5.74) is 3.73. The third kappa shape index (κ3) is 5.81. The Bertz CT molecular complexity index is 1450. The van der Waals surface area contributed by atoms with Crippen molar-refractivity contribution in [3.05, 3.63) is 87.4 Å². The number of benzene rings is 3. The molecule has 8 nitrogen and oxygen atoms in total. The van der Waals surface area contributed by atoms with Gasteiger partial charge in [-0.3, -0.25) is 14.9 Å². The second-order valence-corrected chi connectivity index (χ2v) is 9.18. The largest absolute Gasteiger partial charge is 0.493 e. The number of aryl methyl sites for hydroxylation is 3. The number of rotatable bonds is 8. The predicted molar refractivity (Wildman–Crippen MR) is 145 cm³/mol. The number of hydrogen-bond acceptors (Lipinski definition) is 6. The summed E-state index contributed by atoms with van der Waals surface area (Å²) in [7, 11) is 1.46. The van der Waals surface area contributed by atoms with E-state index in [1.807, 2.05) is 45.0 Å². The molecule has 4 rings (SSSR count). The Morgan fingerprint density at radius 1 is 0.921 bits per heavy atom. The van der Waals surface area contributed by atoms with E-state index in [1.54, 1.807) is 30.3 Å². The van der Waals surface area contributed by atoms with E-state index in [1.165, 1.54) is 18.7 Å². The highest BCUT2D eigenvalue weighted by Crippen LogP contribution is 2.37. The van der Waals surface area contributed by atoms with Gasteiger partial charge in [0.05, 0.1) is 17.8 Å². The van der Waals surface area contributed by atoms with Crippen LogP contribution in [-0.2, 0) is 9.59 Å². The highest BCUT2D eigenvalue weighted by Gasteiger charge is 2.37. The molecule has 0 unspecified atom stereocenters. The number of halogens is 1. The minimum absolute atomic E-state index is 0.206. The van der Waals surface area contributed by atoms with Gasteiger partial charge in [0.1, 0.15) is 24.5 Å². The van der Waals surface area contributed by atoms with Crippen molar-refractivity contribution < 1.29 is 28.6 Å². The van der Waals surface area contributed by atoms with E-state index in [4.69, 9.17) is 25.8 Å². The van der Waals surface area contributed by atoms with Gasteiger partial charge in [0.25, 0.3) is 11.8 Å². The molecule has 1 N–H and O–H groups in total. The van der Waals surface area contributed by atoms with Crippen LogP contribution in [0.15, 0.2) is 60.2 Å². The molecule has 196 valence electrons. The van der Waals surface area contributed by atoms with E-state index in [-0.39, 0.29) is 23.8 Å². The van der Waals surface area contributed by atoms with E-state index in [0.29, 0.717) is 22.7 Å². The maximum absolute atomic E-state index is 13.2. The topological polar surface area (TPSA) is 94.2 Å². The Morgan fingerprint density at radius 2 is 1.68 bits per heavy atom. The van der Waals surface area contributed by atoms with E-state index in [0.717, 1.165) is 21.8 Å². The van der Waals surface area contributed by atoms with Crippen molar-refractivity contribution in [2.24, 2.45) is 0 Å². The molecular weight excluding hydrogens is 508 g/mol. The Morgan fingerprint density at radius 3 is 2.39 bits per heavy atom. The molecule has 1 saturated heterocycles. The summed E-state index contributed by atoms with van der Waals surface area (Å²) in [5, 5.41) is 2.43. The Kier molecular flexibility index (Phi) is 8.02. The first-order chi connectivity index (χ1) is 18.2. The average molecular weight is 535 g/mol. The molecule has 1 fully saturated rings. The second-order valence-electron chi connectivity index (χ2n) is 8.77. The average Bonchev–Trinajstić information content (AvgIpc) is 2.87. The molecule has 3 aromatic rings. The number of nitrogens with zero attached hydrogens (tertiary/aromatic N) is 1. The molecule has 0 aromatic heterocycles. The minimum atomic E-state index is -0.815. The van der Waals surface area contributed by atoms with Crippen LogP contribution in [0.3, 0.4) is 0 Å². The monoisotopic (exact) mass is 534 g/mol. The van der Waals surface area contributed by atoms with E-state index in [2.05, 4.69) is 5.32 Å². The van der Waals surface area contributed by atoms with Crippen LogP contribution in [0.2, 0.25) is 5.02 Å². The first-order valence-electron chi connectivity index (χ1n) is 11.9. The van der Waals surface area contributed by atoms with Gasteiger partial charge in [-0.15, -0.1) is 0 Å². The van der Waals surface area contributed by atoms with Gasteiger partial charge >= 0.3 is 6.03 Å². The van der Waals surface area contributed by atoms with Crippen LogP contribution in [0.4, 0.5) is 10.5 Å². The predicted octanol–water partition coefficient (Wildman–Crippen LogP) is 5.40. The zero-order chi connectivity index (χ0) is 27.4. The number of nitrogens with one attached hydrogen (secondary N) is 1. The van der Waals surface area contributed by atoms with Gasteiger partial charge in [0, 0.05) is 0 Å². The van der Waals surface area contributed by atoms with Gasteiger partial charge < -0.3 is 14.2 Å². The van der Waals surface area contributed by atoms with Crippen LogP contribution in [-0.4, -0.2) is 38.2 Å². The number of amides is 4. The van der Waals surface area contributed by atoms with Crippen molar-refractivity contribution in [1.29, 1.82) is 0 Å². The van der Waals surface area contributed by atoms with Crippen molar-refractivity contribution in [3.8, 4) is 17.2 Å². The second kappa shape index (κ2) is 11.4. The molecule has 1 heterocycles. The summed E-state index contributed by atoms with van der Waals surface area (Å²) in [6, 6.07) is 15.0. The van der Waals surface area contributed by atoms with Crippen LogP contribution >= 0.6 is 11.6 Å². The number of urea groups is 1. The molecular formula is C29H27ClN2O6. The number of barbiturate groups is 1. The lowest BCUT2D eigenvalue weighted by atomic mass is 10.1. The molecule has 3 aromatic carbocycles. The molecule has 4 amide bonds. The quantitative estimate of drug-likeness (QED) is 0.236. The van der Waals surface area contributed by atoms with Gasteiger partial charge in [-0.25, -0.2) is 9.69 Å². The summed E-state index contributed by atoms with van der Waals surface area (Å²) in [5.74, 6) is -0.196. The summed E-state index contributed by atoms with van der Waals surface area (Å²) in [6.45, 7) is 6.38. The number of anilines is 1. The van der Waals surface area contributed by atoms with Crippen LogP contribution in [0.25, 0.3) is 6.08 Å². The third-order valence-corrected chi connectivity index (χ3v) is 6.28. The first-order valence-corrected chi connectivity index (χ1v) is 12.2. The molecule has 0 spiro atoms. The molecule has 1 aliphatic heterocycles. The Balaban J connectivity index is 1.52. The van der Waals surface area contributed by atoms with Gasteiger partial charge in [0.15, 0.2) is 11.5 Å². The SMILES string of the molecule is COc1cc(/C=C2/C(=O)NC(=O)N(c3cccc(C)c3)C2=O)cc(Cl)c1OCCOc1ccc(C)c(C)c1. The van der Waals surface area contributed by atoms with Crippen molar-refractivity contribution in [1.82, 2.24) is 5.32 Å². The smallest absolute Gasteiger partial charge is 0.335 e. The molecule has 38 heavy (non-hydrogen) atoms. The maximum Gasteiger partial charge on any atom is 0.335 e. The summed E-state index contributed by atoms with van der Waals surface area (Å²) < 4.78 is 17.0. The summed E-state index contributed by atoms with van der Waals surface area (Å²) in [4.78, 5) is 39.1. The lowest BCUT2D eigenvalue weighted by Gasteiger charge is -2.26. The van der Waals surface area contributed by atoms with Gasteiger partial charge in [0.2, 0.25) is 0 Å². The van der Waals surface area contributed by atoms with E-state index < -0.39 is 17.8 Å². The lowest BCUT2D eigenvalue weighted by Crippen LogP contribution is -2.54. The number of ether oxygens (including phenoxy) is 3. The Hall–Kier alpha value is -4.30. The van der Waals surface area contributed by atoms with Crippen molar-refractivity contribution >= 4 is 41.2 Å². The number of hydrogen-bond donors (Lipinski definition) is 1. The van der Waals surface area contributed by atoms with Crippen LogP contribution in [0, 0.1) is 20.8 Å².